The number of benzene rings is 2. The molecule has 0 aliphatic heterocycles. The van der Waals surface area contributed by atoms with Crippen LogP contribution in [0, 0.1) is 17.1 Å². The van der Waals surface area contributed by atoms with E-state index in [4.69, 9.17) is 16.9 Å². The Morgan fingerprint density at radius 3 is 2.67 bits per heavy atom. The molecule has 108 valence electrons. The summed E-state index contributed by atoms with van der Waals surface area (Å²) in [5, 5.41) is 9.61. The molecule has 4 heteroatoms. The molecule has 1 atom stereocenters. The molecule has 0 saturated carbocycles. The molecular formula is C17H16ClFN2. The van der Waals surface area contributed by atoms with Crippen molar-refractivity contribution >= 4 is 11.6 Å². The highest BCUT2D eigenvalue weighted by molar-refractivity contribution is 6.31. The third kappa shape index (κ3) is 3.81. The van der Waals surface area contributed by atoms with E-state index in [1.807, 2.05) is 44.3 Å². The minimum Gasteiger partial charge on any atom is -0.295 e. The summed E-state index contributed by atoms with van der Waals surface area (Å²) in [4.78, 5) is 2.07. The highest BCUT2D eigenvalue weighted by Crippen LogP contribution is 2.27. The van der Waals surface area contributed by atoms with E-state index in [0.29, 0.717) is 17.1 Å². The molecule has 0 aromatic heterocycles. The zero-order valence-corrected chi connectivity index (χ0v) is 12.7. The monoisotopic (exact) mass is 302 g/mol. The Morgan fingerprint density at radius 2 is 2.00 bits per heavy atom. The SMILES string of the molecule is CC(c1ccccc1Cl)N(C)Cc1cc(F)cc(C#N)c1. The summed E-state index contributed by atoms with van der Waals surface area (Å²) in [7, 11) is 1.95. The van der Waals surface area contributed by atoms with Crippen molar-refractivity contribution in [2.45, 2.75) is 19.5 Å². The topological polar surface area (TPSA) is 27.0 Å². The Hall–Kier alpha value is -1.89. The average Bonchev–Trinajstić information content (AvgIpc) is 2.46. The summed E-state index contributed by atoms with van der Waals surface area (Å²) in [6, 6.07) is 14.1. The largest absolute Gasteiger partial charge is 0.295 e. The van der Waals surface area contributed by atoms with Gasteiger partial charge in [-0.25, -0.2) is 4.39 Å². The van der Waals surface area contributed by atoms with Gasteiger partial charge in [0.1, 0.15) is 5.82 Å². The smallest absolute Gasteiger partial charge is 0.124 e. The van der Waals surface area contributed by atoms with Gasteiger partial charge < -0.3 is 0 Å². The first-order valence-electron chi connectivity index (χ1n) is 6.65. The van der Waals surface area contributed by atoms with Gasteiger partial charge in [0.15, 0.2) is 0 Å². The molecule has 0 bridgehead atoms. The molecule has 0 aliphatic rings. The second-order valence-corrected chi connectivity index (χ2v) is 5.48. The lowest BCUT2D eigenvalue weighted by Gasteiger charge is -2.26. The van der Waals surface area contributed by atoms with E-state index in [1.54, 1.807) is 6.07 Å². The molecular weight excluding hydrogens is 287 g/mol. The lowest BCUT2D eigenvalue weighted by molar-refractivity contribution is 0.253. The Labute approximate surface area is 129 Å². The van der Waals surface area contributed by atoms with Gasteiger partial charge in [-0.3, -0.25) is 4.90 Å². The molecule has 2 nitrogen and oxygen atoms in total. The van der Waals surface area contributed by atoms with Crippen LogP contribution in [-0.2, 0) is 6.54 Å². The fourth-order valence-corrected chi connectivity index (χ4v) is 2.58. The predicted octanol–water partition coefficient (Wildman–Crippen LogP) is 4.54. The molecule has 2 aromatic carbocycles. The summed E-state index contributed by atoms with van der Waals surface area (Å²) in [5.74, 6) is -0.386. The van der Waals surface area contributed by atoms with Gasteiger partial charge in [-0.15, -0.1) is 0 Å². The van der Waals surface area contributed by atoms with E-state index in [-0.39, 0.29) is 11.9 Å². The number of hydrogen-bond donors (Lipinski definition) is 0. The maximum atomic E-state index is 13.5. The quantitative estimate of drug-likeness (QED) is 0.829. The predicted molar refractivity (Wildman–Crippen MR) is 82.4 cm³/mol. The zero-order valence-electron chi connectivity index (χ0n) is 12.0. The zero-order chi connectivity index (χ0) is 15.4. The third-order valence-electron chi connectivity index (χ3n) is 3.54. The van der Waals surface area contributed by atoms with Crippen molar-refractivity contribution in [2.75, 3.05) is 7.05 Å². The molecule has 2 rings (SSSR count). The molecule has 0 amide bonds. The maximum Gasteiger partial charge on any atom is 0.124 e. The molecule has 1 unspecified atom stereocenters. The van der Waals surface area contributed by atoms with Gasteiger partial charge in [-0.1, -0.05) is 29.8 Å². The minimum absolute atomic E-state index is 0.0903. The number of halogens is 2. The molecule has 21 heavy (non-hydrogen) atoms. The number of rotatable bonds is 4. The molecule has 0 saturated heterocycles. The van der Waals surface area contributed by atoms with Crippen molar-refractivity contribution in [3.8, 4) is 6.07 Å². The highest BCUT2D eigenvalue weighted by Gasteiger charge is 2.15. The van der Waals surface area contributed by atoms with Gasteiger partial charge in [0.2, 0.25) is 0 Å². The van der Waals surface area contributed by atoms with E-state index in [2.05, 4.69) is 4.90 Å². The van der Waals surface area contributed by atoms with Crippen LogP contribution in [-0.4, -0.2) is 11.9 Å². The van der Waals surface area contributed by atoms with E-state index in [0.717, 1.165) is 11.1 Å². The van der Waals surface area contributed by atoms with Crippen LogP contribution in [0.5, 0.6) is 0 Å². The van der Waals surface area contributed by atoms with Gasteiger partial charge >= 0.3 is 0 Å². The van der Waals surface area contributed by atoms with E-state index in [1.165, 1.54) is 12.1 Å². The fourth-order valence-electron chi connectivity index (χ4n) is 2.28. The summed E-state index contributed by atoms with van der Waals surface area (Å²) >= 11 is 6.21. The molecule has 0 fully saturated rings. The first-order chi connectivity index (χ1) is 10.0. The third-order valence-corrected chi connectivity index (χ3v) is 3.88. The Kier molecular flexibility index (Phi) is 4.95. The number of nitrogens with zero attached hydrogens (tertiary/aromatic N) is 2. The van der Waals surface area contributed by atoms with Crippen LogP contribution in [0.2, 0.25) is 5.02 Å². The molecule has 0 spiro atoms. The van der Waals surface area contributed by atoms with Crippen LogP contribution in [0.25, 0.3) is 0 Å². The van der Waals surface area contributed by atoms with Crippen LogP contribution < -0.4 is 0 Å². The van der Waals surface area contributed by atoms with Crippen LogP contribution in [0.1, 0.15) is 29.7 Å². The second kappa shape index (κ2) is 6.71. The van der Waals surface area contributed by atoms with E-state index < -0.39 is 0 Å². The van der Waals surface area contributed by atoms with Crippen LogP contribution >= 0.6 is 11.6 Å². The highest BCUT2D eigenvalue weighted by atomic mass is 35.5. The molecule has 0 N–H and O–H groups in total. The van der Waals surface area contributed by atoms with Crippen LogP contribution in [0.3, 0.4) is 0 Å². The summed E-state index contributed by atoms with van der Waals surface area (Å²) < 4.78 is 13.5. The number of hydrogen-bond acceptors (Lipinski definition) is 2. The Balaban J connectivity index is 2.18. The molecule has 2 aromatic rings. The van der Waals surface area contributed by atoms with Gasteiger partial charge in [0.05, 0.1) is 11.6 Å². The van der Waals surface area contributed by atoms with Gasteiger partial charge in [-0.05, 0) is 49.4 Å². The summed E-state index contributed by atoms with van der Waals surface area (Å²) in [6.45, 7) is 2.59. The Morgan fingerprint density at radius 1 is 1.29 bits per heavy atom. The van der Waals surface area contributed by atoms with E-state index in [9.17, 15) is 4.39 Å². The fraction of sp³-hybridized carbons (Fsp3) is 0.235. The normalized spacial score (nSPS) is 12.2. The van der Waals surface area contributed by atoms with Crippen molar-refractivity contribution in [3.63, 3.8) is 0 Å². The Bertz CT molecular complexity index is 679. The summed E-state index contributed by atoms with van der Waals surface area (Å²) in [5.41, 5.74) is 2.13. The van der Waals surface area contributed by atoms with Crippen molar-refractivity contribution in [3.05, 3.63) is 70.0 Å². The standard InChI is InChI=1S/C17H16ClFN2/c1-12(16-5-3-4-6-17(16)18)21(2)11-14-7-13(10-20)8-15(19)9-14/h3-9,12H,11H2,1-2H3. The van der Waals surface area contributed by atoms with Crippen molar-refractivity contribution in [1.29, 1.82) is 5.26 Å². The van der Waals surface area contributed by atoms with E-state index >= 15 is 0 Å². The first kappa shape index (κ1) is 15.5. The summed E-state index contributed by atoms with van der Waals surface area (Å²) in [6.07, 6.45) is 0. The van der Waals surface area contributed by atoms with Gasteiger partial charge in [-0.2, -0.15) is 5.26 Å². The van der Waals surface area contributed by atoms with Crippen molar-refractivity contribution in [2.24, 2.45) is 0 Å². The van der Waals surface area contributed by atoms with Crippen LogP contribution in [0.15, 0.2) is 42.5 Å². The molecule has 0 aliphatic carbocycles. The van der Waals surface area contributed by atoms with Gasteiger partial charge in [0.25, 0.3) is 0 Å². The molecule has 0 radical (unpaired) electrons. The lowest BCUT2D eigenvalue weighted by Crippen LogP contribution is -2.22. The molecule has 0 heterocycles. The average molecular weight is 303 g/mol. The maximum absolute atomic E-state index is 13.5. The van der Waals surface area contributed by atoms with Gasteiger partial charge in [0, 0.05) is 17.6 Å². The van der Waals surface area contributed by atoms with Crippen LogP contribution in [0.4, 0.5) is 4.39 Å². The first-order valence-corrected chi connectivity index (χ1v) is 7.03. The second-order valence-electron chi connectivity index (χ2n) is 5.07. The van der Waals surface area contributed by atoms with Crippen molar-refractivity contribution < 1.29 is 4.39 Å². The minimum atomic E-state index is -0.386. The van der Waals surface area contributed by atoms with Crippen molar-refractivity contribution in [1.82, 2.24) is 4.90 Å². The number of nitriles is 1. The lowest BCUT2D eigenvalue weighted by atomic mass is 10.1.